The number of fused-ring (bicyclic) bond motifs is 1. The molecule has 1 aliphatic rings. The van der Waals surface area contributed by atoms with Crippen molar-refractivity contribution < 1.29 is 9.90 Å². The van der Waals surface area contributed by atoms with Gasteiger partial charge in [0.25, 0.3) is 0 Å². The summed E-state index contributed by atoms with van der Waals surface area (Å²) >= 11 is 0. The lowest BCUT2D eigenvalue weighted by Gasteiger charge is -2.45. The van der Waals surface area contributed by atoms with Crippen molar-refractivity contribution in [2.45, 2.75) is 32.9 Å². The predicted molar refractivity (Wildman–Crippen MR) is 95.0 cm³/mol. The Hall–Kier alpha value is -2.34. The number of aromatic amines is 1. The van der Waals surface area contributed by atoms with Crippen molar-refractivity contribution in [2.24, 2.45) is 0 Å². The molecular weight excluding hydrogens is 306 g/mol. The summed E-state index contributed by atoms with van der Waals surface area (Å²) < 4.78 is 0. The lowest BCUT2D eigenvalue weighted by Crippen LogP contribution is -2.56. The van der Waals surface area contributed by atoms with Crippen LogP contribution in [0.5, 0.6) is 0 Å². The fourth-order valence-electron chi connectivity index (χ4n) is 3.55. The van der Waals surface area contributed by atoms with E-state index in [4.69, 9.17) is 5.11 Å². The summed E-state index contributed by atoms with van der Waals surface area (Å²) in [5, 5.41) is 9.47. The smallest absolute Gasteiger partial charge is 0.341 e. The van der Waals surface area contributed by atoms with Crippen LogP contribution in [0.1, 0.15) is 31.1 Å². The topological polar surface area (TPSA) is 76.6 Å². The number of likely N-dealkylation sites (N-methyl/N-ethyl adjacent to an activating group) is 1. The Bertz CT molecular complexity index is 830. The zero-order valence-corrected chi connectivity index (χ0v) is 14.2. The first kappa shape index (κ1) is 16.5. The number of carboxylic acids is 1. The molecule has 24 heavy (non-hydrogen) atoms. The van der Waals surface area contributed by atoms with Gasteiger partial charge in [-0.25, -0.2) is 4.79 Å². The number of carbonyl (C=O) groups is 1. The van der Waals surface area contributed by atoms with Crippen LogP contribution in [0.3, 0.4) is 0 Å². The molecule has 2 heterocycles. The van der Waals surface area contributed by atoms with Gasteiger partial charge in [0.15, 0.2) is 0 Å². The highest BCUT2D eigenvalue weighted by molar-refractivity contribution is 5.93. The average molecular weight is 329 g/mol. The summed E-state index contributed by atoms with van der Waals surface area (Å²) in [6.07, 6.45) is 1.28. The Labute approximate surface area is 140 Å². The summed E-state index contributed by atoms with van der Waals surface area (Å²) in [6, 6.07) is 6.42. The molecule has 1 aliphatic heterocycles. The Balaban J connectivity index is 1.98. The monoisotopic (exact) mass is 329 g/mol. The minimum atomic E-state index is -1.21. The number of aromatic nitrogens is 1. The average Bonchev–Trinajstić information content (AvgIpc) is 2.56. The number of hydrogen-bond acceptors (Lipinski definition) is 4. The van der Waals surface area contributed by atoms with E-state index in [9.17, 15) is 9.59 Å². The van der Waals surface area contributed by atoms with Crippen molar-refractivity contribution >= 4 is 22.6 Å². The van der Waals surface area contributed by atoms with Crippen molar-refractivity contribution in [3.8, 4) is 0 Å². The van der Waals surface area contributed by atoms with Crippen LogP contribution in [0, 0.1) is 0 Å². The lowest BCUT2D eigenvalue weighted by molar-refractivity contribution is 0.0695. The highest BCUT2D eigenvalue weighted by Gasteiger charge is 2.28. The molecule has 0 saturated carbocycles. The third kappa shape index (κ3) is 2.78. The van der Waals surface area contributed by atoms with Gasteiger partial charge in [0.05, 0.1) is 5.52 Å². The van der Waals surface area contributed by atoms with E-state index in [1.807, 2.05) is 12.1 Å². The van der Waals surface area contributed by atoms with Crippen LogP contribution in [-0.2, 0) is 0 Å². The number of hydrogen-bond donors (Lipinski definition) is 2. The number of H-pyrrole nitrogens is 1. The lowest BCUT2D eigenvalue weighted by atomic mass is 10.1. The molecule has 2 unspecified atom stereocenters. The minimum absolute atomic E-state index is 0.228. The second kappa shape index (κ2) is 6.28. The van der Waals surface area contributed by atoms with Gasteiger partial charge in [-0.05, 0) is 38.6 Å². The fourth-order valence-corrected chi connectivity index (χ4v) is 3.55. The Morgan fingerprint density at radius 3 is 2.71 bits per heavy atom. The SMILES string of the molecule is CCN1CC(C)N(c2ccc3c(=O)c(C(=O)O)c[nH]c3c2)CC1C. The molecule has 2 aromatic rings. The number of nitrogens with zero attached hydrogens (tertiary/aromatic N) is 2. The zero-order chi connectivity index (χ0) is 17.4. The molecule has 2 atom stereocenters. The Morgan fingerprint density at radius 1 is 1.29 bits per heavy atom. The number of pyridine rings is 1. The standard InChI is InChI=1S/C18H23N3O3/c1-4-20-9-12(3)21(10-11(20)2)13-5-6-14-16(7-13)19-8-15(17(14)22)18(23)24/h5-8,11-12H,4,9-10H2,1-3H3,(H,19,22)(H,23,24). The summed E-state index contributed by atoms with van der Waals surface area (Å²) in [4.78, 5) is 31.1. The van der Waals surface area contributed by atoms with Crippen LogP contribution >= 0.6 is 0 Å². The van der Waals surface area contributed by atoms with Gasteiger partial charge in [0.2, 0.25) is 5.43 Å². The van der Waals surface area contributed by atoms with E-state index >= 15 is 0 Å². The van der Waals surface area contributed by atoms with Gasteiger partial charge in [-0.2, -0.15) is 0 Å². The van der Waals surface area contributed by atoms with Crippen LogP contribution < -0.4 is 10.3 Å². The number of benzene rings is 1. The number of rotatable bonds is 3. The Kier molecular flexibility index (Phi) is 4.32. The normalized spacial score (nSPS) is 22.0. The maximum Gasteiger partial charge on any atom is 0.341 e. The number of nitrogens with one attached hydrogen (secondary N) is 1. The van der Waals surface area contributed by atoms with Crippen LogP contribution in [0.15, 0.2) is 29.2 Å². The van der Waals surface area contributed by atoms with E-state index in [2.05, 4.69) is 35.6 Å². The molecule has 6 nitrogen and oxygen atoms in total. The summed E-state index contributed by atoms with van der Waals surface area (Å²) in [5.74, 6) is -1.21. The van der Waals surface area contributed by atoms with E-state index < -0.39 is 11.4 Å². The number of aromatic carboxylic acids is 1. The number of piperazine rings is 1. The van der Waals surface area contributed by atoms with Gasteiger partial charge in [-0.3, -0.25) is 9.69 Å². The Morgan fingerprint density at radius 2 is 2.04 bits per heavy atom. The molecule has 0 spiro atoms. The molecule has 128 valence electrons. The van der Waals surface area contributed by atoms with Gasteiger partial charge in [0, 0.05) is 42.4 Å². The summed E-state index contributed by atoms with van der Waals surface area (Å²) in [7, 11) is 0. The van der Waals surface area contributed by atoms with E-state index in [1.54, 1.807) is 6.07 Å². The van der Waals surface area contributed by atoms with Gasteiger partial charge < -0.3 is 15.0 Å². The molecule has 1 saturated heterocycles. The molecule has 1 aromatic heterocycles. The zero-order valence-electron chi connectivity index (χ0n) is 14.2. The van der Waals surface area contributed by atoms with Crippen molar-refractivity contribution in [3.05, 3.63) is 40.2 Å². The van der Waals surface area contributed by atoms with E-state index in [0.717, 1.165) is 25.3 Å². The van der Waals surface area contributed by atoms with Crippen molar-refractivity contribution in [1.29, 1.82) is 0 Å². The van der Waals surface area contributed by atoms with Gasteiger partial charge in [-0.1, -0.05) is 6.92 Å². The highest BCUT2D eigenvalue weighted by atomic mass is 16.4. The quantitative estimate of drug-likeness (QED) is 0.902. The predicted octanol–water partition coefficient (Wildman–Crippen LogP) is 2.15. The van der Waals surface area contributed by atoms with Gasteiger partial charge >= 0.3 is 5.97 Å². The van der Waals surface area contributed by atoms with E-state index in [0.29, 0.717) is 23.0 Å². The van der Waals surface area contributed by atoms with Gasteiger partial charge in [-0.15, -0.1) is 0 Å². The van der Waals surface area contributed by atoms with Crippen molar-refractivity contribution in [1.82, 2.24) is 9.88 Å². The van der Waals surface area contributed by atoms with E-state index in [1.165, 1.54) is 6.20 Å². The highest BCUT2D eigenvalue weighted by Crippen LogP contribution is 2.25. The third-order valence-electron chi connectivity index (χ3n) is 4.95. The first-order valence-electron chi connectivity index (χ1n) is 8.31. The summed E-state index contributed by atoms with van der Waals surface area (Å²) in [6.45, 7) is 9.59. The molecule has 0 bridgehead atoms. The summed E-state index contributed by atoms with van der Waals surface area (Å²) in [5.41, 5.74) is 1.05. The van der Waals surface area contributed by atoms with E-state index in [-0.39, 0.29) is 5.56 Å². The second-order valence-corrected chi connectivity index (χ2v) is 6.50. The molecule has 1 fully saturated rings. The largest absolute Gasteiger partial charge is 0.477 e. The molecule has 0 radical (unpaired) electrons. The first-order chi connectivity index (χ1) is 11.4. The third-order valence-corrected chi connectivity index (χ3v) is 4.95. The van der Waals surface area contributed by atoms with Crippen LogP contribution in [0.4, 0.5) is 5.69 Å². The second-order valence-electron chi connectivity index (χ2n) is 6.50. The minimum Gasteiger partial charge on any atom is -0.477 e. The van der Waals surface area contributed by atoms with Crippen LogP contribution in [-0.4, -0.2) is 52.7 Å². The maximum absolute atomic E-state index is 12.2. The molecule has 1 aromatic carbocycles. The first-order valence-corrected chi connectivity index (χ1v) is 8.31. The van der Waals surface area contributed by atoms with Crippen LogP contribution in [0.25, 0.3) is 10.9 Å². The van der Waals surface area contributed by atoms with Crippen molar-refractivity contribution in [2.75, 3.05) is 24.5 Å². The van der Waals surface area contributed by atoms with Gasteiger partial charge in [0.1, 0.15) is 5.56 Å². The molecular formula is C18H23N3O3. The fraction of sp³-hybridized carbons (Fsp3) is 0.444. The molecule has 0 aliphatic carbocycles. The number of carboxylic acid groups (broad SMARTS) is 1. The number of anilines is 1. The van der Waals surface area contributed by atoms with Crippen molar-refractivity contribution in [3.63, 3.8) is 0 Å². The maximum atomic E-state index is 12.2. The van der Waals surface area contributed by atoms with Crippen LogP contribution in [0.2, 0.25) is 0 Å². The molecule has 0 amide bonds. The molecule has 2 N–H and O–H groups in total. The molecule has 6 heteroatoms. The molecule has 3 rings (SSSR count).